The van der Waals surface area contributed by atoms with Crippen LogP contribution in [-0.2, 0) is 11.3 Å². The third-order valence-electron chi connectivity index (χ3n) is 4.37. The van der Waals surface area contributed by atoms with E-state index in [2.05, 4.69) is 47.4 Å². The predicted molar refractivity (Wildman–Crippen MR) is 108 cm³/mol. The summed E-state index contributed by atoms with van der Waals surface area (Å²) in [5.74, 6) is 2.06. The maximum absolute atomic E-state index is 12.6. The van der Waals surface area contributed by atoms with Crippen molar-refractivity contribution >= 4 is 34.1 Å². The normalized spacial score (nSPS) is 17.3. The molecule has 1 aliphatic heterocycles. The molecule has 1 fully saturated rings. The first-order chi connectivity index (χ1) is 14.2. The van der Waals surface area contributed by atoms with Gasteiger partial charge < -0.3 is 9.84 Å². The molecule has 0 spiro atoms. The molecular formula is C17H20N8O2S2. The van der Waals surface area contributed by atoms with Crippen LogP contribution in [-0.4, -0.2) is 60.0 Å². The van der Waals surface area contributed by atoms with Crippen LogP contribution in [0.15, 0.2) is 27.3 Å². The predicted octanol–water partition coefficient (Wildman–Crippen LogP) is 2.34. The number of aromatic nitrogens is 6. The summed E-state index contributed by atoms with van der Waals surface area (Å²) in [5.41, 5.74) is 0. The van der Waals surface area contributed by atoms with Crippen molar-refractivity contribution in [1.29, 1.82) is 0 Å². The van der Waals surface area contributed by atoms with E-state index in [1.165, 1.54) is 11.3 Å². The largest absolute Gasteiger partial charge is 0.337 e. The van der Waals surface area contributed by atoms with Crippen LogP contribution < -0.4 is 5.32 Å². The molecule has 1 amide bonds. The molecule has 1 atom stereocenters. The summed E-state index contributed by atoms with van der Waals surface area (Å²) in [4.78, 5) is 27.4. The van der Waals surface area contributed by atoms with Crippen LogP contribution in [0.5, 0.6) is 0 Å². The van der Waals surface area contributed by atoms with Crippen LogP contribution in [0, 0.1) is 5.92 Å². The fourth-order valence-corrected chi connectivity index (χ4v) is 4.73. The minimum Gasteiger partial charge on any atom is -0.337 e. The van der Waals surface area contributed by atoms with Gasteiger partial charge in [-0.15, -0.1) is 10.2 Å². The number of nitrogens with zero attached hydrogens (tertiary/aromatic N) is 7. The van der Waals surface area contributed by atoms with Gasteiger partial charge in [0.25, 0.3) is 0 Å². The Labute approximate surface area is 175 Å². The quantitative estimate of drug-likeness (QED) is 0.439. The lowest BCUT2D eigenvalue weighted by atomic mass is 9.97. The maximum atomic E-state index is 12.6. The summed E-state index contributed by atoms with van der Waals surface area (Å²) in [6, 6.07) is 1.73. The smallest absolute Gasteiger partial charge is 0.241 e. The first-order valence-corrected chi connectivity index (χ1v) is 11.1. The molecule has 0 aliphatic carbocycles. The monoisotopic (exact) mass is 432 g/mol. The Morgan fingerprint density at radius 2 is 2.21 bits per heavy atom. The van der Waals surface area contributed by atoms with Gasteiger partial charge in [-0.3, -0.25) is 9.69 Å². The molecule has 4 rings (SSSR count). The Morgan fingerprint density at radius 1 is 1.34 bits per heavy atom. The van der Waals surface area contributed by atoms with Crippen LogP contribution in [0.4, 0.5) is 5.13 Å². The first kappa shape index (κ1) is 19.9. The third kappa shape index (κ3) is 5.14. The lowest BCUT2D eigenvalue weighted by Gasteiger charge is -2.30. The zero-order chi connectivity index (χ0) is 20.1. The number of hydrogen-bond donors (Lipinski definition) is 1. The highest BCUT2D eigenvalue weighted by Crippen LogP contribution is 2.26. The van der Waals surface area contributed by atoms with Crippen molar-refractivity contribution in [2.75, 3.05) is 24.2 Å². The second-order valence-corrected chi connectivity index (χ2v) is 8.94. The molecule has 3 aromatic heterocycles. The SMILES string of the molecule is CCSc1nnc(NC(=O)[C@@H]2CCCN(Cc3nc(-c4ncccn4)no3)C2)s1. The average molecular weight is 433 g/mol. The zero-order valence-electron chi connectivity index (χ0n) is 15.8. The van der Waals surface area contributed by atoms with Crippen LogP contribution in [0.3, 0.4) is 0 Å². The van der Waals surface area contributed by atoms with Crippen molar-refractivity contribution in [1.82, 2.24) is 35.2 Å². The maximum Gasteiger partial charge on any atom is 0.241 e. The number of anilines is 1. The lowest BCUT2D eigenvalue weighted by Crippen LogP contribution is -2.40. The Morgan fingerprint density at radius 3 is 3.03 bits per heavy atom. The van der Waals surface area contributed by atoms with Crippen molar-refractivity contribution in [3.8, 4) is 11.6 Å². The van der Waals surface area contributed by atoms with E-state index in [1.54, 1.807) is 30.2 Å². The number of amides is 1. The summed E-state index contributed by atoms with van der Waals surface area (Å²) >= 11 is 3.02. The van der Waals surface area contributed by atoms with Crippen LogP contribution in [0.25, 0.3) is 11.6 Å². The van der Waals surface area contributed by atoms with E-state index in [0.29, 0.717) is 35.8 Å². The van der Waals surface area contributed by atoms with Crippen molar-refractivity contribution in [3.63, 3.8) is 0 Å². The highest BCUT2D eigenvalue weighted by Gasteiger charge is 2.27. The van der Waals surface area contributed by atoms with Crippen molar-refractivity contribution in [3.05, 3.63) is 24.4 Å². The zero-order valence-corrected chi connectivity index (χ0v) is 17.4. The molecule has 0 saturated carbocycles. The fraction of sp³-hybridized carbons (Fsp3) is 0.471. The van der Waals surface area contributed by atoms with Crippen LogP contribution >= 0.6 is 23.1 Å². The molecule has 1 N–H and O–H groups in total. The molecule has 1 saturated heterocycles. The summed E-state index contributed by atoms with van der Waals surface area (Å²) in [6.45, 7) is 4.04. The van der Waals surface area contributed by atoms with Gasteiger partial charge in [-0.05, 0) is 31.2 Å². The Balaban J connectivity index is 1.33. The van der Waals surface area contributed by atoms with Crippen LogP contribution in [0.1, 0.15) is 25.7 Å². The third-order valence-corrected chi connectivity index (χ3v) is 6.23. The highest BCUT2D eigenvalue weighted by atomic mass is 32.2. The van der Waals surface area contributed by atoms with Gasteiger partial charge >= 0.3 is 0 Å². The van der Waals surface area contributed by atoms with E-state index in [0.717, 1.165) is 29.5 Å². The topological polar surface area (TPSA) is 123 Å². The number of carbonyl (C=O) groups excluding carboxylic acids is 1. The molecule has 12 heteroatoms. The second-order valence-electron chi connectivity index (χ2n) is 6.45. The Kier molecular flexibility index (Phi) is 6.42. The summed E-state index contributed by atoms with van der Waals surface area (Å²) < 4.78 is 6.20. The molecule has 0 unspecified atom stereocenters. The summed E-state index contributed by atoms with van der Waals surface area (Å²) in [5, 5.41) is 15.5. The highest BCUT2D eigenvalue weighted by molar-refractivity contribution is 8.01. The number of piperidine rings is 1. The molecule has 0 aromatic carbocycles. The van der Waals surface area contributed by atoms with Gasteiger partial charge in [0, 0.05) is 18.9 Å². The Hall–Kier alpha value is -2.44. The molecule has 4 heterocycles. The fourth-order valence-electron chi connectivity index (χ4n) is 3.08. The summed E-state index contributed by atoms with van der Waals surface area (Å²) in [6.07, 6.45) is 5.03. The number of nitrogens with one attached hydrogen (secondary N) is 1. The van der Waals surface area contributed by atoms with Crippen molar-refractivity contribution in [2.45, 2.75) is 30.6 Å². The van der Waals surface area contributed by atoms with Gasteiger partial charge in [0.1, 0.15) is 0 Å². The molecule has 152 valence electrons. The van der Waals surface area contributed by atoms with Gasteiger partial charge in [-0.2, -0.15) is 4.98 Å². The van der Waals surface area contributed by atoms with Gasteiger partial charge in [0.2, 0.25) is 28.6 Å². The molecule has 10 nitrogen and oxygen atoms in total. The standard InChI is InChI=1S/C17H20N8O2S2/c1-2-28-17-23-22-16(29-17)21-15(26)11-5-3-8-25(9-11)10-12-20-14(24-27-12)13-18-6-4-7-19-13/h4,6-7,11H,2-3,5,8-10H2,1H3,(H,21,22,26)/t11-/m1/s1. The van der Waals surface area contributed by atoms with E-state index in [9.17, 15) is 4.79 Å². The average Bonchev–Trinajstić information content (AvgIpc) is 3.39. The second kappa shape index (κ2) is 9.37. The van der Waals surface area contributed by atoms with Gasteiger partial charge in [-0.1, -0.05) is 35.2 Å². The molecule has 1 aliphatic rings. The number of hydrogen-bond acceptors (Lipinski definition) is 11. The van der Waals surface area contributed by atoms with E-state index < -0.39 is 0 Å². The minimum absolute atomic E-state index is 0.0252. The van der Waals surface area contributed by atoms with E-state index >= 15 is 0 Å². The van der Waals surface area contributed by atoms with Crippen molar-refractivity contribution in [2.24, 2.45) is 5.92 Å². The lowest BCUT2D eigenvalue weighted by molar-refractivity contribution is -0.121. The van der Waals surface area contributed by atoms with Crippen LogP contribution in [0.2, 0.25) is 0 Å². The number of carbonyl (C=O) groups is 1. The minimum atomic E-state index is -0.116. The van der Waals surface area contributed by atoms with E-state index in [-0.39, 0.29) is 11.8 Å². The summed E-state index contributed by atoms with van der Waals surface area (Å²) in [7, 11) is 0. The van der Waals surface area contributed by atoms with Gasteiger partial charge in [-0.25, -0.2) is 9.97 Å². The number of rotatable bonds is 7. The Bertz CT molecular complexity index is 948. The van der Waals surface area contributed by atoms with E-state index in [1.807, 2.05) is 0 Å². The molecule has 0 radical (unpaired) electrons. The van der Waals surface area contributed by atoms with Gasteiger partial charge in [0.05, 0.1) is 12.5 Å². The number of likely N-dealkylation sites (tertiary alicyclic amines) is 1. The van der Waals surface area contributed by atoms with Gasteiger partial charge in [0.15, 0.2) is 4.34 Å². The molecule has 29 heavy (non-hydrogen) atoms. The molecule has 0 bridgehead atoms. The molecular weight excluding hydrogens is 412 g/mol. The number of thioether (sulfide) groups is 1. The van der Waals surface area contributed by atoms with Crippen molar-refractivity contribution < 1.29 is 9.32 Å². The van der Waals surface area contributed by atoms with E-state index in [4.69, 9.17) is 4.52 Å². The first-order valence-electron chi connectivity index (χ1n) is 9.30. The molecule has 3 aromatic rings.